The largest absolute Gasteiger partial charge is 0.507 e. The van der Waals surface area contributed by atoms with Crippen LogP contribution in [0, 0.1) is 0 Å². The van der Waals surface area contributed by atoms with Crippen molar-refractivity contribution in [2.24, 2.45) is 0 Å². The molecule has 3 aromatic rings. The number of likely N-dealkylation sites (tertiary alicyclic amines) is 1. The first kappa shape index (κ1) is 23.6. The van der Waals surface area contributed by atoms with Crippen molar-refractivity contribution in [2.45, 2.75) is 39.3 Å². The van der Waals surface area contributed by atoms with Gasteiger partial charge in [-0.2, -0.15) is 0 Å². The predicted octanol–water partition coefficient (Wildman–Crippen LogP) is 6.08. The summed E-state index contributed by atoms with van der Waals surface area (Å²) in [5, 5.41) is 11.7. The molecule has 1 fully saturated rings. The molecule has 0 saturated carbocycles. The maximum Gasteiger partial charge on any atom is 0.296 e. The molecule has 0 bridgehead atoms. The van der Waals surface area contributed by atoms with Crippen LogP contribution in [-0.2, 0) is 16.1 Å². The maximum atomic E-state index is 13.2. The molecule has 0 radical (unpaired) electrons. The summed E-state index contributed by atoms with van der Waals surface area (Å²) >= 11 is 6.20. The van der Waals surface area contributed by atoms with Crippen LogP contribution in [-0.4, -0.2) is 28.3 Å². The van der Waals surface area contributed by atoms with Gasteiger partial charge in [0.2, 0.25) is 0 Å². The Balaban J connectivity index is 1.85. The second-order valence-electron chi connectivity index (χ2n) is 8.41. The fourth-order valence-electron chi connectivity index (χ4n) is 4.10. The summed E-state index contributed by atoms with van der Waals surface area (Å²) < 4.78 is 11.0. The Hall–Kier alpha value is -3.51. The lowest BCUT2D eigenvalue weighted by molar-refractivity contribution is -0.140. The lowest BCUT2D eigenvalue weighted by Crippen LogP contribution is -2.29. The molecular weight excluding hydrogens is 454 g/mol. The number of halogens is 1. The number of aliphatic hydroxyl groups excluding tert-OH is 1. The number of benzene rings is 2. The minimum absolute atomic E-state index is 0.0126. The number of hydrogen-bond donors (Lipinski definition) is 1. The number of amides is 1. The first-order chi connectivity index (χ1) is 16.3. The highest BCUT2D eigenvalue weighted by Gasteiger charge is 2.46. The molecule has 0 aliphatic carbocycles. The number of furan rings is 1. The molecule has 34 heavy (non-hydrogen) atoms. The van der Waals surface area contributed by atoms with E-state index in [-0.39, 0.29) is 17.9 Å². The number of nitrogens with zero attached hydrogens (tertiary/aromatic N) is 1. The Morgan fingerprint density at radius 1 is 1.15 bits per heavy atom. The molecule has 1 amide bonds. The van der Waals surface area contributed by atoms with Gasteiger partial charge < -0.3 is 19.2 Å². The van der Waals surface area contributed by atoms with Gasteiger partial charge in [0.05, 0.1) is 36.1 Å². The summed E-state index contributed by atoms with van der Waals surface area (Å²) in [6.07, 6.45) is 1.52. The van der Waals surface area contributed by atoms with Gasteiger partial charge >= 0.3 is 0 Å². The van der Waals surface area contributed by atoms with E-state index >= 15 is 0 Å². The van der Waals surface area contributed by atoms with Crippen molar-refractivity contribution < 1.29 is 23.8 Å². The van der Waals surface area contributed by atoms with Crippen molar-refractivity contribution in [3.05, 3.63) is 93.9 Å². The molecule has 6 nitrogen and oxygen atoms in total. The van der Waals surface area contributed by atoms with E-state index in [1.54, 1.807) is 30.3 Å². The van der Waals surface area contributed by atoms with E-state index in [4.69, 9.17) is 20.8 Å². The molecule has 1 N–H and O–H groups in total. The molecular formula is C27H26ClNO5. The molecule has 2 aromatic carbocycles. The summed E-state index contributed by atoms with van der Waals surface area (Å²) in [5.41, 5.74) is 2.20. The van der Waals surface area contributed by atoms with E-state index in [0.29, 0.717) is 34.6 Å². The normalized spacial score (nSPS) is 17.6. The van der Waals surface area contributed by atoms with Crippen molar-refractivity contribution in [1.29, 1.82) is 0 Å². The van der Waals surface area contributed by atoms with Gasteiger partial charge in [-0.1, -0.05) is 49.7 Å². The number of ketones is 1. The highest BCUT2D eigenvalue weighted by Crippen LogP contribution is 2.41. The minimum Gasteiger partial charge on any atom is -0.507 e. The number of Topliss-reactive ketones (excluding diaryl/α,β-unsaturated/α-hetero) is 1. The van der Waals surface area contributed by atoms with Crippen LogP contribution in [0.15, 0.2) is 70.9 Å². The van der Waals surface area contributed by atoms with Gasteiger partial charge in [0, 0.05) is 5.56 Å². The van der Waals surface area contributed by atoms with Crippen LogP contribution in [0.1, 0.15) is 55.2 Å². The molecule has 0 spiro atoms. The average Bonchev–Trinajstić information content (AvgIpc) is 3.43. The van der Waals surface area contributed by atoms with E-state index in [1.807, 2.05) is 31.2 Å². The van der Waals surface area contributed by atoms with Gasteiger partial charge in [-0.25, -0.2) is 0 Å². The number of carbonyl (C=O) groups excluding carboxylic acids is 2. The van der Waals surface area contributed by atoms with Crippen LogP contribution < -0.4 is 4.74 Å². The summed E-state index contributed by atoms with van der Waals surface area (Å²) in [6, 6.07) is 15.2. The second-order valence-corrected chi connectivity index (χ2v) is 8.81. The molecule has 2 heterocycles. The fourth-order valence-corrected chi connectivity index (χ4v) is 4.27. The molecule has 4 rings (SSSR count). The molecule has 1 aliphatic heterocycles. The van der Waals surface area contributed by atoms with Crippen LogP contribution in [0.5, 0.6) is 5.75 Å². The molecule has 176 valence electrons. The SMILES string of the molecule is CCOc1cc(/C(O)=C2/C(=O)C(=O)N(Cc3ccco3)C2c2ccc(C(C)C)cc2)ccc1Cl. The van der Waals surface area contributed by atoms with Gasteiger partial charge in [-0.05, 0) is 54.3 Å². The number of ether oxygens (including phenoxy) is 1. The van der Waals surface area contributed by atoms with Crippen LogP contribution in [0.3, 0.4) is 0 Å². The third kappa shape index (κ3) is 4.46. The number of carbonyl (C=O) groups is 2. The summed E-state index contributed by atoms with van der Waals surface area (Å²) in [4.78, 5) is 27.7. The smallest absolute Gasteiger partial charge is 0.296 e. The van der Waals surface area contributed by atoms with Gasteiger partial charge in [0.15, 0.2) is 0 Å². The van der Waals surface area contributed by atoms with E-state index < -0.39 is 17.7 Å². The van der Waals surface area contributed by atoms with Crippen molar-refractivity contribution in [3.8, 4) is 5.75 Å². The van der Waals surface area contributed by atoms with Crippen LogP contribution in [0.4, 0.5) is 0 Å². The Labute approximate surface area is 203 Å². The summed E-state index contributed by atoms with van der Waals surface area (Å²) in [7, 11) is 0. The van der Waals surface area contributed by atoms with Gasteiger partial charge in [0.1, 0.15) is 17.3 Å². The zero-order valence-electron chi connectivity index (χ0n) is 19.2. The first-order valence-corrected chi connectivity index (χ1v) is 11.5. The monoisotopic (exact) mass is 479 g/mol. The van der Waals surface area contributed by atoms with Gasteiger partial charge in [-0.15, -0.1) is 0 Å². The highest BCUT2D eigenvalue weighted by atomic mass is 35.5. The zero-order valence-corrected chi connectivity index (χ0v) is 20.0. The Morgan fingerprint density at radius 3 is 2.50 bits per heavy atom. The first-order valence-electron chi connectivity index (χ1n) is 11.1. The molecule has 1 saturated heterocycles. The third-order valence-corrected chi connectivity index (χ3v) is 6.18. The third-order valence-electron chi connectivity index (χ3n) is 5.87. The van der Waals surface area contributed by atoms with E-state index in [2.05, 4.69) is 13.8 Å². The summed E-state index contributed by atoms with van der Waals surface area (Å²) in [6.45, 7) is 6.49. The minimum atomic E-state index is -0.780. The van der Waals surface area contributed by atoms with Crippen molar-refractivity contribution in [1.82, 2.24) is 4.90 Å². The van der Waals surface area contributed by atoms with E-state index in [1.165, 1.54) is 11.2 Å². The predicted molar refractivity (Wildman–Crippen MR) is 130 cm³/mol. The molecule has 1 aliphatic rings. The Kier molecular flexibility index (Phi) is 6.80. The van der Waals surface area contributed by atoms with Crippen LogP contribution in [0.2, 0.25) is 5.02 Å². The topological polar surface area (TPSA) is 80.0 Å². The zero-order chi connectivity index (χ0) is 24.4. The number of rotatable bonds is 7. The molecule has 1 aromatic heterocycles. The van der Waals surface area contributed by atoms with Crippen LogP contribution in [0.25, 0.3) is 5.76 Å². The molecule has 7 heteroatoms. The highest BCUT2D eigenvalue weighted by molar-refractivity contribution is 6.46. The average molecular weight is 480 g/mol. The molecule has 1 unspecified atom stereocenters. The van der Waals surface area contributed by atoms with Gasteiger partial charge in [0.25, 0.3) is 11.7 Å². The second kappa shape index (κ2) is 9.77. The molecule has 1 atom stereocenters. The van der Waals surface area contributed by atoms with Crippen molar-refractivity contribution in [3.63, 3.8) is 0 Å². The Morgan fingerprint density at radius 2 is 1.88 bits per heavy atom. The lowest BCUT2D eigenvalue weighted by Gasteiger charge is -2.25. The Bertz CT molecular complexity index is 1230. The van der Waals surface area contributed by atoms with Crippen LogP contribution >= 0.6 is 11.6 Å². The van der Waals surface area contributed by atoms with Gasteiger partial charge in [-0.3, -0.25) is 9.59 Å². The summed E-state index contributed by atoms with van der Waals surface area (Å²) in [5.74, 6) is -0.484. The number of aliphatic hydroxyl groups is 1. The fraction of sp³-hybridized carbons (Fsp3) is 0.259. The lowest BCUT2D eigenvalue weighted by atomic mass is 9.93. The van der Waals surface area contributed by atoms with Crippen molar-refractivity contribution in [2.75, 3.05) is 6.61 Å². The van der Waals surface area contributed by atoms with E-state index in [0.717, 1.165) is 11.1 Å². The maximum absolute atomic E-state index is 13.2. The van der Waals surface area contributed by atoms with Crippen molar-refractivity contribution >= 4 is 29.1 Å². The standard InChI is InChI=1S/C27H26ClNO5/c1-4-33-22-14-19(11-12-21(22)28)25(30)23-24(18-9-7-17(8-10-18)16(2)3)29(27(32)26(23)31)15-20-6-5-13-34-20/h5-14,16,24,30H,4,15H2,1-3H3/b25-23-. The quantitative estimate of drug-likeness (QED) is 0.252. The number of hydrogen-bond acceptors (Lipinski definition) is 5. The van der Waals surface area contributed by atoms with E-state index in [9.17, 15) is 14.7 Å².